The van der Waals surface area contributed by atoms with Crippen molar-refractivity contribution in [3.05, 3.63) is 65.9 Å². The van der Waals surface area contributed by atoms with Crippen molar-refractivity contribution in [3.8, 4) is 0 Å². The van der Waals surface area contributed by atoms with Gasteiger partial charge >= 0.3 is 0 Å². The van der Waals surface area contributed by atoms with Crippen molar-refractivity contribution in [2.24, 2.45) is 7.05 Å². The van der Waals surface area contributed by atoms with Crippen LogP contribution in [0.25, 0.3) is 11.0 Å². The van der Waals surface area contributed by atoms with Gasteiger partial charge in [-0.05, 0) is 36.4 Å². The SMILES string of the molecule is Cn1cc(S(=O)(=O)Nc2nc3ccccc3nc2N2CCN(c3ccc(Cl)cc3)CC2)cn1. The molecule has 4 aromatic rings. The molecule has 9 nitrogen and oxygen atoms in total. The number of aromatic nitrogens is 4. The van der Waals surface area contributed by atoms with Gasteiger partial charge in [0, 0.05) is 50.1 Å². The molecule has 0 unspecified atom stereocenters. The first-order valence-electron chi connectivity index (χ1n) is 10.4. The van der Waals surface area contributed by atoms with Gasteiger partial charge in [0.25, 0.3) is 10.0 Å². The Bertz CT molecular complexity index is 1400. The minimum Gasteiger partial charge on any atom is -0.368 e. The predicted molar refractivity (Wildman–Crippen MR) is 129 cm³/mol. The first-order chi connectivity index (χ1) is 15.9. The van der Waals surface area contributed by atoms with Crippen LogP contribution in [0, 0.1) is 0 Å². The summed E-state index contributed by atoms with van der Waals surface area (Å²) in [5.41, 5.74) is 2.42. The topological polar surface area (TPSA) is 96.2 Å². The van der Waals surface area contributed by atoms with Gasteiger partial charge in [-0.3, -0.25) is 9.40 Å². The van der Waals surface area contributed by atoms with Gasteiger partial charge in [0.05, 0.1) is 17.2 Å². The number of hydrogen-bond acceptors (Lipinski definition) is 7. The molecule has 0 atom stereocenters. The van der Waals surface area contributed by atoms with Crippen molar-refractivity contribution in [2.45, 2.75) is 4.90 Å². The Morgan fingerprint density at radius 1 is 0.909 bits per heavy atom. The molecule has 0 radical (unpaired) electrons. The third kappa shape index (κ3) is 4.44. The van der Waals surface area contributed by atoms with Crippen LogP contribution >= 0.6 is 11.6 Å². The Morgan fingerprint density at radius 2 is 1.55 bits per heavy atom. The number of aryl methyl sites for hydroxylation is 1. The summed E-state index contributed by atoms with van der Waals surface area (Å²) in [4.78, 5) is 13.8. The van der Waals surface area contributed by atoms with E-state index in [0.717, 1.165) is 18.8 Å². The molecule has 0 aliphatic carbocycles. The van der Waals surface area contributed by atoms with Gasteiger partial charge in [0.15, 0.2) is 11.6 Å². The normalized spacial score (nSPS) is 14.6. The van der Waals surface area contributed by atoms with Gasteiger partial charge < -0.3 is 9.80 Å². The van der Waals surface area contributed by atoms with Gasteiger partial charge in [0.2, 0.25) is 0 Å². The maximum Gasteiger partial charge on any atom is 0.266 e. The maximum atomic E-state index is 13.0. The molecule has 5 rings (SSSR count). The first kappa shape index (κ1) is 21.5. The van der Waals surface area contributed by atoms with E-state index in [4.69, 9.17) is 16.6 Å². The van der Waals surface area contributed by atoms with Gasteiger partial charge in [-0.25, -0.2) is 18.4 Å². The third-order valence-electron chi connectivity index (χ3n) is 5.55. The zero-order valence-electron chi connectivity index (χ0n) is 17.9. The molecular weight excluding hydrogens is 462 g/mol. The molecule has 0 spiro atoms. The quantitative estimate of drug-likeness (QED) is 0.465. The lowest BCUT2D eigenvalue weighted by atomic mass is 10.2. The Balaban J connectivity index is 1.45. The zero-order valence-corrected chi connectivity index (χ0v) is 19.5. The monoisotopic (exact) mass is 483 g/mol. The number of fused-ring (bicyclic) bond motifs is 1. The first-order valence-corrected chi connectivity index (χ1v) is 12.3. The van der Waals surface area contributed by atoms with Crippen molar-refractivity contribution in [1.82, 2.24) is 19.7 Å². The van der Waals surface area contributed by atoms with E-state index in [1.54, 1.807) is 7.05 Å². The minimum absolute atomic E-state index is 0.0680. The van der Waals surface area contributed by atoms with Gasteiger partial charge in [-0.2, -0.15) is 5.10 Å². The van der Waals surface area contributed by atoms with Gasteiger partial charge in [0.1, 0.15) is 4.90 Å². The second-order valence-corrected chi connectivity index (χ2v) is 9.91. The van der Waals surface area contributed by atoms with Crippen LogP contribution in [0.2, 0.25) is 5.02 Å². The Hall–Kier alpha value is -3.37. The number of rotatable bonds is 5. The van der Waals surface area contributed by atoms with Crippen LogP contribution < -0.4 is 14.5 Å². The van der Waals surface area contributed by atoms with Gasteiger partial charge in [-0.15, -0.1) is 0 Å². The summed E-state index contributed by atoms with van der Waals surface area (Å²) in [6, 6.07) is 15.2. The molecule has 33 heavy (non-hydrogen) atoms. The van der Waals surface area contributed by atoms with Crippen molar-refractivity contribution >= 4 is 50.0 Å². The average Bonchev–Trinajstić information content (AvgIpc) is 3.26. The summed E-state index contributed by atoms with van der Waals surface area (Å²) in [5, 5.41) is 4.67. The highest BCUT2D eigenvalue weighted by Crippen LogP contribution is 2.29. The second kappa shape index (κ2) is 8.53. The number of hydrogen-bond donors (Lipinski definition) is 1. The number of benzene rings is 2. The standard InChI is InChI=1S/C22H22ClN7O2S/c1-28-15-18(14-24-28)33(31,32)27-21-22(26-20-5-3-2-4-19(20)25-21)30-12-10-29(11-13-30)17-8-6-16(23)7-9-17/h2-9,14-15H,10-13H2,1H3,(H,25,27). The van der Waals surface area contributed by atoms with Gasteiger partial charge in [-0.1, -0.05) is 23.7 Å². The molecule has 0 bridgehead atoms. The molecule has 1 fully saturated rings. The van der Waals surface area contributed by atoms with Crippen LogP contribution in [0.4, 0.5) is 17.3 Å². The molecule has 2 aromatic heterocycles. The van der Waals surface area contributed by atoms with Crippen LogP contribution in [-0.4, -0.2) is 54.3 Å². The van der Waals surface area contributed by atoms with Crippen LogP contribution in [0.1, 0.15) is 0 Å². The number of halogens is 1. The lowest BCUT2D eigenvalue weighted by molar-refractivity contribution is 0.600. The Labute approximate surface area is 196 Å². The highest BCUT2D eigenvalue weighted by Gasteiger charge is 2.25. The minimum atomic E-state index is -3.87. The molecule has 2 aromatic carbocycles. The molecular formula is C22H22ClN7O2S. The van der Waals surface area contributed by atoms with Crippen molar-refractivity contribution < 1.29 is 8.42 Å². The molecule has 11 heteroatoms. The van der Waals surface area contributed by atoms with E-state index in [0.29, 0.717) is 35.0 Å². The highest BCUT2D eigenvalue weighted by molar-refractivity contribution is 7.92. The third-order valence-corrected chi connectivity index (χ3v) is 7.09. The molecule has 0 saturated carbocycles. The smallest absolute Gasteiger partial charge is 0.266 e. The Kier molecular flexibility index (Phi) is 5.55. The number of nitrogens with one attached hydrogen (secondary N) is 1. The van der Waals surface area contributed by atoms with E-state index >= 15 is 0 Å². The van der Waals surface area contributed by atoms with Crippen molar-refractivity contribution in [1.29, 1.82) is 0 Å². The molecule has 3 heterocycles. The molecule has 1 saturated heterocycles. The van der Waals surface area contributed by atoms with Crippen molar-refractivity contribution in [3.63, 3.8) is 0 Å². The fourth-order valence-corrected chi connectivity index (χ4v) is 4.94. The zero-order chi connectivity index (χ0) is 23.0. The number of piperazine rings is 1. The van der Waals surface area contributed by atoms with Crippen LogP contribution in [0.5, 0.6) is 0 Å². The van der Waals surface area contributed by atoms with E-state index in [9.17, 15) is 8.42 Å². The number of para-hydroxylation sites is 2. The number of sulfonamides is 1. The van der Waals surface area contributed by atoms with E-state index < -0.39 is 10.0 Å². The predicted octanol–water partition coefficient (Wildman–Crippen LogP) is 3.14. The maximum absolute atomic E-state index is 13.0. The lowest BCUT2D eigenvalue weighted by Gasteiger charge is -2.37. The molecule has 1 aliphatic heterocycles. The second-order valence-electron chi connectivity index (χ2n) is 7.79. The summed E-state index contributed by atoms with van der Waals surface area (Å²) in [6.45, 7) is 2.84. The fraction of sp³-hybridized carbons (Fsp3) is 0.227. The number of nitrogens with zero attached hydrogens (tertiary/aromatic N) is 6. The molecule has 170 valence electrons. The average molecular weight is 484 g/mol. The van der Waals surface area contributed by atoms with Crippen molar-refractivity contribution in [2.75, 3.05) is 40.7 Å². The van der Waals surface area contributed by atoms with E-state index in [1.807, 2.05) is 48.5 Å². The van der Waals surface area contributed by atoms with E-state index in [-0.39, 0.29) is 10.7 Å². The fourth-order valence-electron chi connectivity index (χ4n) is 3.83. The largest absolute Gasteiger partial charge is 0.368 e. The summed E-state index contributed by atoms with van der Waals surface area (Å²) >= 11 is 6.01. The Morgan fingerprint density at radius 3 is 2.18 bits per heavy atom. The van der Waals surface area contributed by atoms with E-state index in [2.05, 4.69) is 24.6 Å². The summed E-state index contributed by atoms with van der Waals surface area (Å²) in [5.74, 6) is 0.717. The number of anilines is 3. The summed E-state index contributed by atoms with van der Waals surface area (Å²) in [7, 11) is -2.20. The van der Waals surface area contributed by atoms with Crippen LogP contribution in [0.3, 0.4) is 0 Å². The molecule has 1 N–H and O–H groups in total. The summed E-state index contributed by atoms with van der Waals surface area (Å²) in [6.07, 6.45) is 2.75. The van der Waals surface area contributed by atoms with Crippen LogP contribution in [0.15, 0.2) is 65.8 Å². The summed E-state index contributed by atoms with van der Waals surface area (Å²) < 4.78 is 30.0. The highest BCUT2D eigenvalue weighted by atomic mass is 35.5. The lowest BCUT2D eigenvalue weighted by Crippen LogP contribution is -2.47. The van der Waals surface area contributed by atoms with E-state index in [1.165, 1.54) is 17.1 Å². The van der Waals surface area contributed by atoms with Crippen LogP contribution in [-0.2, 0) is 17.1 Å². The molecule has 0 amide bonds. The molecule has 1 aliphatic rings.